The van der Waals surface area contributed by atoms with Gasteiger partial charge in [-0.25, -0.2) is 13.4 Å². The Balaban J connectivity index is 1.61. The summed E-state index contributed by atoms with van der Waals surface area (Å²) < 4.78 is 64.2. The number of rotatable bonds is 5. The summed E-state index contributed by atoms with van der Waals surface area (Å²) in [6.07, 6.45) is -1.94. The van der Waals surface area contributed by atoms with Gasteiger partial charge in [-0.2, -0.15) is 17.5 Å². The molecule has 29 heavy (non-hydrogen) atoms. The minimum atomic E-state index is -4.43. The molecule has 2 aliphatic rings. The highest BCUT2D eigenvalue weighted by Crippen LogP contribution is 2.30. The van der Waals surface area contributed by atoms with Crippen molar-refractivity contribution >= 4 is 21.7 Å². The largest absolute Gasteiger partial charge is 0.417 e. The molecule has 1 aromatic rings. The van der Waals surface area contributed by atoms with Gasteiger partial charge in [-0.3, -0.25) is 4.79 Å². The van der Waals surface area contributed by atoms with Crippen molar-refractivity contribution in [2.75, 3.05) is 43.4 Å². The van der Waals surface area contributed by atoms with E-state index in [1.165, 1.54) is 10.4 Å². The highest BCUT2D eigenvalue weighted by Gasteiger charge is 2.40. The molecule has 1 amide bonds. The van der Waals surface area contributed by atoms with Gasteiger partial charge in [-0.15, -0.1) is 0 Å². The Morgan fingerprint density at radius 3 is 2.41 bits per heavy atom. The van der Waals surface area contributed by atoms with Crippen molar-refractivity contribution in [1.29, 1.82) is 0 Å². The van der Waals surface area contributed by atoms with Gasteiger partial charge >= 0.3 is 6.18 Å². The molecule has 0 N–H and O–H groups in total. The summed E-state index contributed by atoms with van der Waals surface area (Å²) in [5, 5.41) is 0. The van der Waals surface area contributed by atoms with Crippen LogP contribution in [0.4, 0.5) is 19.0 Å². The number of aromatic nitrogens is 1. The molecule has 0 spiro atoms. The van der Waals surface area contributed by atoms with Gasteiger partial charge in [-0.05, 0) is 31.4 Å². The van der Waals surface area contributed by atoms with E-state index in [1.54, 1.807) is 11.8 Å². The Labute approximate surface area is 168 Å². The number of amides is 1. The normalized spacial score (nSPS) is 21.6. The van der Waals surface area contributed by atoms with E-state index in [4.69, 9.17) is 0 Å². The van der Waals surface area contributed by atoms with Crippen LogP contribution in [-0.4, -0.2) is 73.0 Å². The average molecular weight is 434 g/mol. The van der Waals surface area contributed by atoms with E-state index < -0.39 is 27.8 Å². The van der Waals surface area contributed by atoms with E-state index in [2.05, 4.69) is 4.98 Å². The minimum Gasteiger partial charge on any atom is -0.353 e. The number of hydrogen-bond donors (Lipinski definition) is 0. The van der Waals surface area contributed by atoms with Crippen LogP contribution in [0.15, 0.2) is 18.3 Å². The number of hydrogen-bond acceptors (Lipinski definition) is 5. The number of halogens is 3. The zero-order valence-corrected chi connectivity index (χ0v) is 17.0. The molecule has 3 rings (SSSR count). The fourth-order valence-electron chi connectivity index (χ4n) is 3.80. The number of pyridine rings is 1. The first-order chi connectivity index (χ1) is 13.6. The minimum absolute atomic E-state index is 0.0319. The SMILES string of the molecule is CCCS(=O)(=O)N1CCCC1C(=O)N1CCN(c2ccc(C(F)(F)F)cn2)CC1. The molecule has 0 aromatic carbocycles. The Hall–Kier alpha value is -1.88. The second-order valence-electron chi connectivity index (χ2n) is 7.30. The molecule has 1 unspecified atom stereocenters. The van der Waals surface area contributed by atoms with Crippen molar-refractivity contribution in [3.05, 3.63) is 23.9 Å². The maximum atomic E-state index is 12.9. The molecule has 0 aliphatic carbocycles. The van der Waals surface area contributed by atoms with Crippen molar-refractivity contribution in [3.8, 4) is 0 Å². The monoisotopic (exact) mass is 434 g/mol. The zero-order valence-electron chi connectivity index (χ0n) is 16.2. The molecule has 1 atom stereocenters. The van der Waals surface area contributed by atoms with Crippen LogP contribution < -0.4 is 4.90 Å². The number of piperazine rings is 1. The number of carbonyl (C=O) groups is 1. The lowest BCUT2D eigenvalue weighted by Crippen LogP contribution is -2.54. The Kier molecular flexibility index (Phi) is 6.37. The Morgan fingerprint density at radius 2 is 1.86 bits per heavy atom. The topological polar surface area (TPSA) is 73.8 Å². The number of sulfonamides is 1. The smallest absolute Gasteiger partial charge is 0.353 e. The van der Waals surface area contributed by atoms with Crippen LogP contribution in [0.3, 0.4) is 0 Å². The number of anilines is 1. The molecule has 7 nitrogen and oxygen atoms in total. The lowest BCUT2D eigenvalue weighted by molar-refractivity contribution is -0.138. The summed E-state index contributed by atoms with van der Waals surface area (Å²) in [5.41, 5.74) is -0.801. The molecule has 0 saturated carbocycles. The van der Waals surface area contributed by atoms with E-state index in [-0.39, 0.29) is 11.7 Å². The number of alkyl halides is 3. The maximum absolute atomic E-state index is 12.9. The molecular weight excluding hydrogens is 409 g/mol. The zero-order chi connectivity index (χ0) is 21.2. The molecule has 162 valence electrons. The predicted octanol–water partition coefficient (Wildman–Crippen LogP) is 1.95. The lowest BCUT2D eigenvalue weighted by Gasteiger charge is -2.37. The number of carbonyl (C=O) groups excluding carboxylic acids is 1. The van der Waals surface area contributed by atoms with Crippen LogP contribution in [0.5, 0.6) is 0 Å². The van der Waals surface area contributed by atoms with Crippen LogP contribution >= 0.6 is 0 Å². The molecule has 1 aromatic heterocycles. The van der Waals surface area contributed by atoms with Crippen LogP contribution in [0, 0.1) is 0 Å². The summed E-state index contributed by atoms with van der Waals surface area (Å²) in [5.74, 6) is 0.268. The maximum Gasteiger partial charge on any atom is 0.417 e. The van der Waals surface area contributed by atoms with E-state index in [0.717, 1.165) is 12.3 Å². The molecule has 0 radical (unpaired) electrons. The first-order valence-corrected chi connectivity index (χ1v) is 11.3. The third-order valence-corrected chi connectivity index (χ3v) is 7.37. The molecule has 11 heteroatoms. The van der Waals surface area contributed by atoms with Crippen molar-refractivity contribution in [3.63, 3.8) is 0 Å². The number of nitrogens with zero attached hydrogens (tertiary/aromatic N) is 4. The van der Waals surface area contributed by atoms with Gasteiger partial charge in [-0.1, -0.05) is 6.92 Å². The summed E-state index contributed by atoms with van der Waals surface area (Å²) in [6, 6.07) is 1.67. The third-order valence-electron chi connectivity index (χ3n) is 5.30. The third kappa shape index (κ3) is 4.82. The summed E-state index contributed by atoms with van der Waals surface area (Å²) in [6.45, 7) is 3.77. The highest BCUT2D eigenvalue weighted by molar-refractivity contribution is 7.89. The van der Waals surface area contributed by atoms with E-state index >= 15 is 0 Å². The molecule has 2 fully saturated rings. The molecule has 0 bridgehead atoms. The van der Waals surface area contributed by atoms with Gasteiger partial charge in [0.25, 0.3) is 0 Å². The van der Waals surface area contributed by atoms with Crippen molar-refractivity contribution < 1.29 is 26.4 Å². The predicted molar refractivity (Wildman–Crippen MR) is 102 cm³/mol. The molecule has 3 heterocycles. The van der Waals surface area contributed by atoms with E-state index in [0.29, 0.717) is 57.8 Å². The van der Waals surface area contributed by atoms with Crippen LogP contribution in [0.1, 0.15) is 31.7 Å². The quantitative estimate of drug-likeness (QED) is 0.708. The van der Waals surface area contributed by atoms with Crippen LogP contribution in [0.2, 0.25) is 0 Å². The van der Waals surface area contributed by atoms with Gasteiger partial charge in [0.1, 0.15) is 11.9 Å². The van der Waals surface area contributed by atoms with Gasteiger partial charge in [0, 0.05) is 38.9 Å². The molecule has 2 saturated heterocycles. The fourth-order valence-corrected chi connectivity index (χ4v) is 5.54. The standard InChI is InChI=1S/C18H25F3N4O3S/c1-2-12-29(27,28)25-7-3-4-15(25)17(26)24-10-8-23(9-11-24)16-6-5-14(13-22-16)18(19,20)21/h5-6,13,15H,2-4,7-12H2,1H3. The highest BCUT2D eigenvalue weighted by atomic mass is 32.2. The van der Waals surface area contributed by atoms with Crippen molar-refractivity contribution in [2.45, 2.75) is 38.4 Å². The second kappa shape index (κ2) is 8.47. The van der Waals surface area contributed by atoms with E-state index in [1.807, 2.05) is 4.90 Å². The Bertz CT molecular complexity index is 822. The summed E-state index contributed by atoms with van der Waals surface area (Å²) >= 11 is 0. The van der Waals surface area contributed by atoms with E-state index in [9.17, 15) is 26.4 Å². The first kappa shape index (κ1) is 21.8. The van der Waals surface area contributed by atoms with Gasteiger partial charge in [0.15, 0.2) is 0 Å². The lowest BCUT2D eigenvalue weighted by atomic mass is 10.2. The summed E-state index contributed by atoms with van der Waals surface area (Å²) in [7, 11) is -3.44. The van der Waals surface area contributed by atoms with Gasteiger partial charge in [0.2, 0.25) is 15.9 Å². The van der Waals surface area contributed by atoms with Gasteiger partial charge < -0.3 is 9.80 Å². The summed E-state index contributed by atoms with van der Waals surface area (Å²) in [4.78, 5) is 20.3. The van der Waals surface area contributed by atoms with Crippen molar-refractivity contribution in [2.24, 2.45) is 0 Å². The van der Waals surface area contributed by atoms with Crippen LogP contribution in [-0.2, 0) is 21.0 Å². The average Bonchev–Trinajstić information content (AvgIpc) is 3.18. The second-order valence-corrected chi connectivity index (χ2v) is 9.34. The van der Waals surface area contributed by atoms with Gasteiger partial charge in [0.05, 0.1) is 11.3 Å². The fraction of sp³-hybridized carbons (Fsp3) is 0.667. The molecular formula is C18H25F3N4O3S. The first-order valence-electron chi connectivity index (χ1n) is 9.70. The molecule has 2 aliphatic heterocycles. The van der Waals surface area contributed by atoms with Crippen molar-refractivity contribution in [1.82, 2.24) is 14.2 Å². The Morgan fingerprint density at radius 1 is 1.17 bits per heavy atom. The van der Waals surface area contributed by atoms with Crippen LogP contribution in [0.25, 0.3) is 0 Å².